The van der Waals surface area contributed by atoms with Crippen LogP contribution in [0.2, 0.25) is 0 Å². The highest BCUT2D eigenvalue weighted by molar-refractivity contribution is 6.01. The van der Waals surface area contributed by atoms with Gasteiger partial charge in [0.15, 0.2) is 0 Å². The number of hydrazine groups is 1. The summed E-state index contributed by atoms with van der Waals surface area (Å²) >= 11 is 0. The van der Waals surface area contributed by atoms with E-state index in [9.17, 15) is 14.4 Å². The van der Waals surface area contributed by atoms with Crippen molar-refractivity contribution in [3.63, 3.8) is 0 Å². The summed E-state index contributed by atoms with van der Waals surface area (Å²) in [5.74, 6) is -0.254. The van der Waals surface area contributed by atoms with Gasteiger partial charge in [-0.05, 0) is 65.0 Å². The summed E-state index contributed by atoms with van der Waals surface area (Å²) in [6.07, 6.45) is 4.15. The Morgan fingerprint density at radius 2 is 1.81 bits per heavy atom. The standard InChI is InChI=1S/C32H40N4O6/c1-23(2)36(33-30(38)24-9-8-10-26(21-24)41-20-17-34-15-18-40-19-16-34)29(37)14-13-25-22-35(31(39)42-32(3,4)5)28-12-7-6-11-27(25)28/h6-14,21-23H,15-20H2,1-5H3,(H,33,38)/b14-13+. The number of amides is 2. The van der Waals surface area contributed by atoms with E-state index in [-0.39, 0.29) is 6.04 Å². The summed E-state index contributed by atoms with van der Waals surface area (Å²) in [7, 11) is 0. The van der Waals surface area contributed by atoms with Gasteiger partial charge in [-0.1, -0.05) is 24.3 Å². The average molecular weight is 577 g/mol. The highest BCUT2D eigenvalue weighted by atomic mass is 16.6. The SMILES string of the molecule is CC(C)N(NC(=O)c1cccc(OCCN2CCOCC2)c1)C(=O)/C=C/c1cn(C(=O)OC(C)(C)C)c2ccccc12. The van der Waals surface area contributed by atoms with E-state index in [0.717, 1.165) is 38.2 Å². The summed E-state index contributed by atoms with van der Waals surface area (Å²) in [6.45, 7) is 13.5. The topological polar surface area (TPSA) is 102 Å². The number of para-hydroxylation sites is 1. The van der Waals surface area contributed by atoms with Gasteiger partial charge in [0.25, 0.3) is 11.8 Å². The van der Waals surface area contributed by atoms with Gasteiger partial charge < -0.3 is 14.2 Å². The van der Waals surface area contributed by atoms with E-state index in [2.05, 4.69) is 10.3 Å². The Labute approximate surface area is 246 Å². The number of hydrogen-bond donors (Lipinski definition) is 1. The van der Waals surface area contributed by atoms with E-state index in [1.807, 2.05) is 38.1 Å². The van der Waals surface area contributed by atoms with Crippen molar-refractivity contribution in [2.24, 2.45) is 0 Å². The highest BCUT2D eigenvalue weighted by Gasteiger charge is 2.22. The molecule has 1 aromatic heterocycles. The molecule has 0 spiro atoms. The Bertz CT molecular complexity index is 1430. The van der Waals surface area contributed by atoms with Crippen LogP contribution in [0.25, 0.3) is 17.0 Å². The second-order valence-electron chi connectivity index (χ2n) is 11.4. The number of nitrogens with one attached hydrogen (secondary N) is 1. The maximum absolute atomic E-state index is 13.2. The lowest BCUT2D eigenvalue weighted by atomic mass is 10.1. The van der Waals surface area contributed by atoms with Gasteiger partial charge in [0, 0.05) is 54.5 Å². The number of hydrogen-bond acceptors (Lipinski definition) is 7. The molecule has 42 heavy (non-hydrogen) atoms. The first-order valence-electron chi connectivity index (χ1n) is 14.2. The maximum atomic E-state index is 13.2. The molecule has 1 saturated heterocycles. The molecular formula is C32H40N4O6. The first-order chi connectivity index (χ1) is 20.0. The fraction of sp³-hybridized carbons (Fsp3) is 0.406. The molecule has 4 rings (SSSR count). The number of rotatable bonds is 8. The van der Waals surface area contributed by atoms with E-state index in [1.165, 1.54) is 15.7 Å². The van der Waals surface area contributed by atoms with Gasteiger partial charge in [0.2, 0.25) is 0 Å². The molecule has 10 nitrogen and oxygen atoms in total. The Morgan fingerprint density at radius 1 is 1.07 bits per heavy atom. The van der Waals surface area contributed by atoms with Crippen molar-refractivity contribution in [1.82, 2.24) is 19.9 Å². The number of nitrogens with zero attached hydrogens (tertiary/aromatic N) is 3. The third-order valence-corrected chi connectivity index (χ3v) is 6.59. The number of carbonyl (C=O) groups excluding carboxylic acids is 3. The molecule has 10 heteroatoms. The predicted octanol–water partition coefficient (Wildman–Crippen LogP) is 4.73. The van der Waals surface area contributed by atoms with Crippen LogP contribution in [-0.2, 0) is 14.3 Å². The van der Waals surface area contributed by atoms with Gasteiger partial charge in [0.1, 0.15) is 18.0 Å². The van der Waals surface area contributed by atoms with Crippen LogP contribution < -0.4 is 10.2 Å². The molecule has 0 radical (unpaired) electrons. The predicted molar refractivity (Wildman–Crippen MR) is 161 cm³/mol. The zero-order valence-corrected chi connectivity index (χ0v) is 25.0. The Balaban J connectivity index is 1.43. The van der Waals surface area contributed by atoms with Crippen LogP contribution in [0.15, 0.2) is 60.8 Å². The minimum atomic E-state index is -0.654. The van der Waals surface area contributed by atoms with Crippen molar-refractivity contribution < 1.29 is 28.6 Å². The normalized spacial score (nSPS) is 14.3. The van der Waals surface area contributed by atoms with Gasteiger partial charge in [-0.2, -0.15) is 0 Å². The minimum Gasteiger partial charge on any atom is -0.492 e. The second kappa shape index (κ2) is 13.7. The second-order valence-corrected chi connectivity index (χ2v) is 11.4. The smallest absolute Gasteiger partial charge is 0.419 e. The number of aromatic nitrogens is 1. The first kappa shape index (κ1) is 30.8. The van der Waals surface area contributed by atoms with Gasteiger partial charge in [-0.3, -0.25) is 24.5 Å². The molecule has 1 N–H and O–H groups in total. The monoisotopic (exact) mass is 576 g/mol. The molecule has 224 valence electrons. The number of carbonyl (C=O) groups is 3. The van der Waals surface area contributed by atoms with E-state index in [4.69, 9.17) is 14.2 Å². The molecule has 1 aliphatic heterocycles. The molecule has 0 aliphatic carbocycles. The Kier molecular flexibility index (Phi) is 10.0. The molecule has 2 aromatic carbocycles. The molecule has 2 heterocycles. The maximum Gasteiger partial charge on any atom is 0.419 e. The van der Waals surface area contributed by atoms with Gasteiger partial charge in [-0.25, -0.2) is 9.80 Å². The number of benzene rings is 2. The quantitative estimate of drug-likeness (QED) is 0.306. The van der Waals surface area contributed by atoms with Crippen molar-refractivity contribution in [3.8, 4) is 5.75 Å². The van der Waals surface area contributed by atoms with Crippen LogP contribution in [0.5, 0.6) is 5.75 Å². The zero-order valence-electron chi connectivity index (χ0n) is 25.0. The van der Waals surface area contributed by atoms with Crippen molar-refractivity contribution in [1.29, 1.82) is 0 Å². The van der Waals surface area contributed by atoms with Crippen LogP contribution in [-0.4, -0.2) is 83.5 Å². The van der Waals surface area contributed by atoms with Crippen LogP contribution in [0.1, 0.15) is 50.5 Å². The molecule has 3 aromatic rings. The third-order valence-electron chi connectivity index (χ3n) is 6.59. The van der Waals surface area contributed by atoms with Crippen molar-refractivity contribution in [3.05, 3.63) is 71.9 Å². The van der Waals surface area contributed by atoms with E-state index >= 15 is 0 Å². The number of morpholine rings is 1. The van der Waals surface area contributed by atoms with Crippen molar-refractivity contribution >= 4 is 34.9 Å². The van der Waals surface area contributed by atoms with Gasteiger partial charge in [-0.15, -0.1) is 0 Å². The molecule has 2 amide bonds. The highest BCUT2D eigenvalue weighted by Crippen LogP contribution is 2.24. The van der Waals surface area contributed by atoms with Crippen LogP contribution in [0.3, 0.4) is 0 Å². The zero-order chi connectivity index (χ0) is 30.3. The number of ether oxygens (including phenoxy) is 3. The summed E-state index contributed by atoms with van der Waals surface area (Å²) in [6, 6.07) is 14.0. The van der Waals surface area contributed by atoms with E-state index < -0.39 is 23.5 Å². The summed E-state index contributed by atoms with van der Waals surface area (Å²) in [5, 5.41) is 2.07. The first-order valence-corrected chi connectivity index (χ1v) is 14.2. The molecule has 0 atom stereocenters. The minimum absolute atomic E-state index is 0.317. The molecule has 1 fully saturated rings. The fourth-order valence-corrected chi connectivity index (χ4v) is 4.50. The van der Waals surface area contributed by atoms with Crippen LogP contribution >= 0.6 is 0 Å². The summed E-state index contributed by atoms with van der Waals surface area (Å²) in [4.78, 5) is 41.4. The van der Waals surface area contributed by atoms with E-state index in [1.54, 1.807) is 57.3 Å². The van der Waals surface area contributed by atoms with Crippen LogP contribution in [0.4, 0.5) is 4.79 Å². The lowest BCUT2D eigenvalue weighted by Crippen LogP contribution is -2.49. The number of fused-ring (bicyclic) bond motifs is 1. The fourth-order valence-electron chi connectivity index (χ4n) is 4.50. The lowest BCUT2D eigenvalue weighted by molar-refractivity contribution is -0.130. The molecule has 0 unspecified atom stereocenters. The van der Waals surface area contributed by atoms with Crippen molar-refractivity contribution in [2.45, 2.75) is 46.3 Å². The largest absolute Gasteiger partial charge is 0.492 e. The molecular weight excluding hydrogens is 536 g/mol. The lowest BCUT2D eigenvalue weighted by Gasteiger charge is -2.26. The molecule has 0 saturated carbocycles. The summed E-state index contributed by atoms with van der Waals surface area (Å²) < 4.78 is 18.2. The Morgan fingerprint density at radius 3 is 2.52 bits per heavy atom. The third kappa shape index (κ3) is 8.20. The van der Waals surface area contributed by atoms with E-state index in [0.29, 0.717) is 29.0 Å². The Hall–Kier alpha value is -4.15. The van der Waals surface area contributed by atoms with Gasteiger partial charge in [0.05, 0.1) is 18.7 Å². The van der Waals surface area contributed by atoms with Crippen LogP contribution in [0, 0.1) is 0 Å². The molecule has 1 aliphatic rings. The van der Waals surface area contributed by atoms with Gasteiger partial charge >= 0.3 is 6.09 Å². The average Bonchev–Trinajstić information content (AvgIpc) is 3.33. The summed E-state index contributed by atoms with van der Waals surface area (Å²) in [5.41, 5.74) is 3.78. The molecule has 0 bridgehead atoms. The van der Waals surface area contributed by atoms with Crippen molar-refractivity contribution in [2.75, 3.05) is 39.5 Å².